The van der Waals surface area contributed by atoms with Gasteiger partial charge in [-0.2, -0.15) is 11.3 Å². The second kappa shape index (κ2) is 13.2. The van der Waals surface area contributed by atoms with Gasteiger partial charge in [0.2, 0.25) is 0 Å². The van der Waals surface area contributed by atoms with Crippen LogP contribution in [0.4, 0.5) is 4.39 Å². The van der Waals surface area contributed by atoms with Gasteiger partial charge in [-0.3, -0.25) is 4.39 Å². The molecule has 4 heterocycles. The molecule has 1 saturated carbocycles. The molecule has 1 aliphatic rings. The number of aryl methyl sites for hydroxylation is 1. The molecule has 0 amide bonds. The third-order valence-corrected chi connectivity index (χ3v) is 11.2. The minimum absolute atomic E-state index is 0. The van der Waals surface area contributed by atoms with Crippen molar-refractivity contribution in [1.82, 2.24) is 9.97 Å². The molecular formula is C45H35FIrN2OS-2. The van der Waals surface area contributed by atoms with Gasteiger partial charge in [0.15, 0.2) is 0 Å². The fourth-order valence-electron chi connectivity index (χ4n) is 7.36. The zero-order valence-corrected chi connectivity index (χ0v) is 31.3. The Balaban J connectivity index is 0.000000238. The average molecular weight is 867 g/mol. The van der Waals surface area contributed by atoms with Gasteiger partial charge < -0.3 is 14.4 Å². The number of thiophene rings is 1. The van der Waals surface area contributed by atoms with Crippen LogP contribution < -0.4 is 0 Å². The Kier molecular flexibility index (Phi) is 7.57. The Bertz CT molecular complexity index is 2910. The SMILES string of the molecule is Fc1c[c-]c2c(c1)sc1cccnc12.[2H]C([2H])([2H])c1cnc(-c2[c-]ccc3c2oc2c3ccc3ccc4ccccc4c32)cc1C1([2H])CCC(C)(C)CC1.[Ir]. The van der Waals surface area contributed by atoms with Gasteiger partial charge in [0, 0.05) is 64.8 Å². The fourth-order valence-corrected chi connectivity index (χ4v) is 8.42. The van der Waals surface area contributed by atoms with E-state index in [-0.39, 0.29) is 36.9 Å². The number of benzene rings is 5. The molecule has 1 fully saturated rings. The molecule has 0 bridgehead atoms. The molecule has 0 unspecified atom stereocenters. The van der Waals surface area contributed by atoms with Gasteiger partial charge in [0.05, 0.1) is 5.58 Å². The molecule has 10 rings (SSSR count). The number of rotatable bonds is 2. The smallest absolute Gasteiger partial charge is 0.129 e. The number of fused-ring (bicyclic) bond motifs is 10. The van der Waals surface area contributed by atoms with Gasteiger partial charge in [0.1, 0.15) is 5.58 Å². The van der Waals surface area contributed by atoms with Crippen molar-refractivity contribution in [2.45, 2.75) is 52.3 Å². The van der Waals surface area contributed by atoms with Crippen LogP contribution in [-0.4, -0.2) is 9.97 Å². The Hall–Kier alpha value is -4.48. The first-order chi connectivity index (χ1) is 25.9. The van der Waals surface area contributed by atoms with E-state index in [9.17, 15) is 5.76 Å². The quantitative estimate of drug-likeness (QED) is 0.128. The standard InChI is InChI=1S/C34H30NO.C11H5FNS.Ir/c1-21-20-35-30(19-29(21)23-15-17-34(2,3)18-16-23)28-10-6-9-26-27-14-13-24-12-11-22-7-4-5-8-25(22)31(24)33(27)36-32(26)28;12-7-3-4-8-10(6-7)14-9-2-1-5-13-11(8)9;/h4-9,11-14,19-20,23H,15-18H2,1-3H3;1-3,5-6H;/q2*-1;/i1D3,23D;;. The molecule has 5 aromatic carbocycles. The maximum absolute atomic E-state index is 12.9. The summed E-state index contributed by atoms with van der Waals surface area (Å²) in [5.41, 5.74) is 4.52. The van der Waals surface area contributed by atoms with E-state index < -0.39 is 12.7 Å². The van der Waals surface area contributed by atoms with Crippen LogP contribution in [-0.2, 0) is 20.1 Å². The van der Waals surface area contributed by atoms with Crippen LogP contribution in [0, 0.1) is 30.2 Å². The molecule has 6 heteroatoms. The van der Waals surface area contributed by atoms with Crippen LogP contribution in [0.1, 0.15) is 62.0 Å². The number of pyridine rings is 2. The van der Waals surface area contributed by atoms with E-state index in [2.05, 4.69) is 72.3 Å². The zero-order chi connectivity index (χ0) is 37.4. The average Bonchev–Trinajstić information content (AvgIpc) is 3.73. The van der Waals surface area contributed by atoms with E-state index in [0.717, 1.165) is 71.0 Å². The molecule has 1 radical (unpaired) electrons. The van der Waals surface area contributed by atoms with E-state index in [1.165, 1.54) is 18.3 Å². The summed E-state index contributed by atoms with van der Waals surface area (Å²) in [5, 5.41) is 7.34. The first-order valence-corrected chi connectivity index (χ1v) is 17.7. The van der Waals surface area contributed by atoms with Gasteiger partial charge in [0.25, 0.3) is 0 Å². The minimum Gasteiger partial charge on any atom is -0.500 e. The second-order valence-electron chi connectivity index (χ2n) is 13.9. The van der Waals surface area contributed by atoms with Crippen LogP contribution in [0.3, 0.4) is 0 Å². The summed E-state index contributed by atoms with van der Waals surface area (Å²) < 4.78 is 55.6. The van der Waals surface area contributed by atoms with Gasteiger partial charge in [-0.15, -0.1) is 35.7 Å². The van der Waals surface area contributed by atoms with E-state index >= 15 is 0 Å². The van der Waals surface area contributed by atoms with Gasteiger partial charge >= 0.3 is 0 Å². The van der Waals surface area contributed by atoms with Crippen LogP contribution in [0.25, 0.3) is 75.0 Å². The summed E-state index contributed by atoms with van der Waals surface area (Å²) in [6.07, 6.45) is 6.17. The summed E-state index contributed by atoms with van der Waals surface area (Å²) in [7, 11) is 0. The summed E-state index contributed by atoms with van der Waals surface area (Å²) in [6, 6.07) is 35.5. The minimum atomic E-state index is -2.35. The Morgan fingerprint density at radius 3 is 2.55 bits per heavy atom. The summed E-state index contributed by atoms with van der Waals surface area (Å²) in [6.45, 7) is 2.09. The molecule has 0 aliphatic heterocycles. The number of furan rings is 1. The monoisotopic (exact) mass is 867 g/mol. The third kappa shape index (κ3) is 6.04. The first kappa shape index (κ1) is 29.1. The van der Waals surface area contributed by atoms with E-state index in [4.69, 9.17) is 8.53 Å². The third-order valence-electron chi connectivity index (χ3n) is 10.2. The van der Waals surface area contributed by atoms with Crippen molar-refractivity contribution >= 4 is 75.1 Å². The van der Waals surface area contributed by atoms with E-state index in [0.29, 0.717) is 35.2 Å². The number of nitrogens with zero attached hydrogens (tertiary/aromatic N) is 2. The molecule has 1 aliphatic carbocycles. The van der Waals surface area contributed by atoms with Crippen LogP contribution >= 0.6 is 11.3 Å². The fraction of sp³-hybridized carbons (Fsp3) is 0.200. The van der Waals surface area contributed by atoms with Gasteiger partial charge in [-0.25, -0.2) is 0 Å². The molecule has 4 aromatic heterocycles. The normalized spacial score (nSPS) is 16.7. The maximum atomic E-state index is 12.9. The molecular weight excluding hydrogens is 828 g/mol. The first-order valence-electron chi connectivity index (χ1n) is 18.9. The molecule has 255 valence electrons. The van der Waals surface area contributed by atoms with Crippen LogP contribution in [0.2, 0.25) is 0 Å². The van der Waals surface area contributed by atoms with Crippen LogP contribution in [0.15, 0.2) is 108 Å². The predicted molar refractivity (Wildman–Crippen MR) is 206 cm³/mol. The molecule has 0 spiro atoms. The molecule has 0 N–H and O–H groups in total. The Labute approximate surface area is 319 Å². The van der Waals surface area contributed by atoms with Crippen molar-refractivity contribution in [2.24, 2.45) is 5.41 Å². The number of halogens is 1. The van der Waals surface area contributed by atoms with Gasteiger partial charge in [-0.05, 0) is 82.9 Å². The molecule has 0 atom stereocenters. The largest absolute Gasteiger partial charge is 0.500 e. The van der Waals surface area contributed by atoms with Crippen LogP contribution in [0.5, 0.6) is 0 Å². The summed E-state index contributed by atoms with van der Waals surface area (Å²) in [4.78, 5) is 8.88. The Morgan fingerprint density at radius 1 is 0.882 bits per heavy atom. The number of hydrogen-bond donors (Lipinski definition) is 0. The Morgan fingerprint density at radius 2 is 1.69 bits per heavy atom. The summed E-state index contributed by atoms with van der Waals surface area (Å²) in [5.74, 6) is -1.22. The molecule has 0 saturated heterocycles. The van der Waals surface area contributed by atoms with Crippen molar-refractivity contribution in [3.05, 3.63) is 132 Å². The van der Waals surface area contributed by atoms with Crippen molar-refractivity contribution in [3.63, 3.8) is 0 Å². The number of aromatic nitrogens is 2. The van der Waals surface area contributed by atoms with Gasteiger partial charge in [-0.1, -0.05) is 96.2 Å². The second-order valence-corrected chi connectivity index (χ2v) is 15.0. The number of hydrogen-bond acceptors (Lipinski definition) is 4. The zero-order valence-electron chi connectivity index (χ0n) is 32.1. The molecule has 3 nitrogen and oxygen atoms in total. The molecule has 9 aromatic rings. The molecule has 51 heavy (non-hydrogen) atoms. The van der Waals surface area contributed by atoms with Crippen molar-refractivity contribution in [3.8, 4) is 11.3 Å². The van der Waals surface area contributed by atoms with E-state index in [1.54, 1.807) is 17.5 Å². The summed E-state index contributed by atoms with van der Waals surface area (Å²) >= 11 is 1.54. The van der Waals surface area contributed by atoms with Crippen molar-refractivity contribution in [2.75, 3.05) is 0 Å². The topological polar surface area (TPSA) is 38.9 Å². The van der Waals surface area contributed by atoms with E-state index in [1.807, 2.05) is 42.5 Å². The van der Waals surface area contributed by atoms with Crippen molar-refractivity contribution < 1.29 is 34.4 Å². The maximum Gasteiger partial charge on any atom is 0.129 e. The predicted octanol–water partition coefficient (Wildman–Crippen LogP) is 13.1. The van der Waals surface area contributed by atoms with Crippen molar-refractivity contribution in [1.29, 1.82) is 0 Å².